The number of aromatic nitrogens is 1. The van der Waals surface area contributed by atoms with Crippen molar-refractivity contribution in [3.8, 4) is 17.5 Å². The highest BCUT2D eigenvalue weighted by atomic mass is 16.6. The largest absolute Gasteiger partial charge is 0.494 e. The number of ether oxygens (including phenoxy) is 1. The van der Waals surface area contributed by atoms with Crippen LogP contribution in [-0.4, -0.2) is 27.5 Å². The van der Waals surface area contributed by atoms with Gasteiger partial charge in [-0.25, -0.2) is 4.79 Å². The molecule has 0 saturated carbocycles. The minimum Gasteiger partial charge on any atom is -0.494 e. The van der Waals surface area contributed by atoms with Crippen LogP contribution in [-0.2, 0) is 0 Å². The monoisotopic (exact) mass is 184 g/mol. The molecule has 1 heterocycles. The molecule has 0 unspecified atom stereocenters. The Balaban J connectivity index is 2.74. The smallest absolute Gasteiger partial charge is 0.438 e. The number of aliphatic imine (C=N–C) groups is 1. The molecule has 1 aromatic heterocycles. The van der Waals surface area contributed by atoms with Crippen molar-refractivity contribution >= 4 is 12.3 Å². The number of hydrogen-bond donors (Lipinski definition) is 3. The predicted octanol–water partition coefficient (Wildman–Crippen LogP) is 1.02. The molecule has 70 valence electrons. The first-order valence-electron chi connectivity index (χ1n) is 3.45. The van der Waals surface area contributed by atoms with E-state index in [1.54, 1.807) is 6.92 Å². The summed E-state index contributed by atoms with van der Waals surface area (Å²) in [5.41, 5.74) is 0. The third kappa shape index (κ3) is 2.22. The van der Waals surface area contributed by atoms with Crippen molar-refractivity contribution < 1.29 is 19.7 Å². The summed E-state index contributed by atoms with van der Waals surface area (Å²) in [6.07, 6.45) is 0.392. The van der Waals surface area contributed by atoms with E-state index in [9.17, 15) is 4.79 Å². The molecule has 1 aromatic rings. The van der Waals surface area contributed by atoms with Gasteiger partial charge in [-0.2, -0.15) is 4.99 Å². The molecule has 1 amide bonds. The maximum absolute atomic E-state index is 10.7. The molecule has 13 heavy (non-hydrogen) atoms. The minimum absolute atomic E-state index is 0.159. The first kappa shape index (κ1) is 9.11. The quantitative estimate of drug-likeness (QED) is 0.567. The van der Waals surface area contributed by atoms with E-state index in [4.69, 9.17) is 10.2 Å². The number of rotatable bonds is 1. The Morgan fingerprint density at radius 3 is 2.85 bits per heavy atom. The van der Waals surface area contributed by atoms with Crippen molar-refractivity contribution in [2.24, 2.45) is 4.99 Å². The zero-order valence-corrected chi connectivity index (χ0v) is 6.81. The van der Waals surface area contributed by atoms with Gasteiger partial charge in [-0.05, 0) is 6.92 Å². The van der Waals surface area contributed by atoms with Crippen LogP contribution >= 0.6 is 0 Å². The fourth-order valence-electron chi connectivity index (χ4n) is 0.715. The first-order valence-corrected chi connectivity index (χ1v) is 3.45. The SMILES string of the molecule is CC=NC(=O)Oc1cc(O)[nH]c1O. The normalized spacial score (nSPS) is 10.5. The van der Waals surface area contributed by atoms with Gasteiger partial charge in [0.05, 0.1) is 0 Å². The van der Waals surface area contributed by atoms with Gasteiger partial charge < -0.3 is 14.9 Å². The molecule has 0 aliphatic heterocycles. The Kier molecular flexibility index (Phi) is 2.53. The van der Waals surface area contributed by atoms with Crippen molar-refractivity contribution in [3.05, 3.63) is 6.07 Å². The molecule has 0 bridgehead atoms. The van der Waals surface area contributed by atoms with E-state index >= 15 is 0 Å². The number of aromatic amines is 1. The fourth-order valence-corrected chi connectivity index (χ4v) is 0.715. The molecule has 1 rings (SSSR count). The first-order chi connectivity index (χ1) is 6.13. The number of amides is 1. The van der Waals surface area contributed by atoms with Crippen molar-refractivity contribution in [1.82, 2.24) is 4.98 Å². The molecule has 0 aliphatic carbocycles. The number of aromatic hydroxyl groups is 2. The minimum atomic E-state index is -0.864. The Bertz CT molecular complexity index is 342. The lowest BCUT2D eigenvalue weighted by Crippen LogP contribution is -2.00. The van der Waals surface area contributed by atoms with E-state index in [2.05, 4.69) is 14.7 Å². The number of carbonyl (C=O) groups is 1. The Labute approximate surface area is 73.5 Å². The summed E-state index contributed by atoms with van der Waals surface area (Å²) in [5, 5.41) is 17.8. The van der Waals surface area contributed by atoms with Crippen LogP contribution < -0.4 is 4.74 Å². The summed E-state index contributed by atoms with van der Waals surface area (Å²) in [5.74, 6) is -0.869. The second kappa shape index (κ2) is 3.61. The van der Waals surface area contributed by atoms with Gasteiger partial charge in [-0.3, -0.25) is 4.98 Å². The van der Waals surface area contributed by atoms with Crippen LogP contribution in [0, 0.1) is 0 Å². The highest BCUT2D eigenvalue weighted by Crippen LogP contribution is 2.29. The number of carbonyl (C=O) groups excluding carboxylic acids is 1. The molecule has 6 nitrogen and oxygen atoms in total. The lowest BCUT2D eigenvalue weighted by Gasteiger charge is -1.95. The van der Waals surface area contributed by atoms with Gasteiger partial charge >= 0.3 is 6.09 Å². The maximum atomic E-state index is 10.7. The summed E-state index contributed by atoms with van der Waals surface area (Å²) in [7, 11) is 0. The van der Waals surface area contributed by atoms with Crippen LogP contribution in [0.2, 0.25) is 0 Å². The second-order valence-corrected chi connectivity index (χ2v) is 2.12. The number of hydrogen-bond acceptors (Lipinski definition) is 4. The summed E-state index contributed by atoms with van der Waals surface area (Å²) < 4.78 is 4.53. The molecule has 6 heteroatoms. The van der Waals surface area contributed by atoms with Crippen molar-refractivity contribution in [2.75, 3.05) is 0 Å². The van der Waals surface area contributed by atoms with E-state index in [0.29, 0.717) is 0 Å². The van der Waals surface area contributed by atoms with E-state index in [0.717, 1.165) is 6.07 Å². The van der Waals surface area contributed by atoms with Crippen LogP contribution in [0.1, 0.15) is 6.92 Å². The van der Waals surface area contributed by atoms with Crippen LogP contribution in [0.3, 0.4) is 0 Å². The Morgan fingerprint density at radius 2 is 2.38 bits per heavy atom. The predicted molar refractivity (Wildman–Crippen MR) is 44.3 cm³/mol. The summed E-state index contributed by atoms with van der Waals surface area (Å²) in [4.78, 5) is 16.2. The van der Waals surface area contributed by atoms with Gasteiger partial charge in [0.25, 0.3) is 0 Å². The van der Waals surface area contributed by atoms with Gasteiger partial charge in [0.1, 0.15) is 0 Å². The lowest BCUT2D eigenvalue weighted by molar-refractivity contribution is 0.209. The molecule has 0 aromatic carbocycles. The van der Waals surface area contributed by atoms with E-state index in [1.807, 2.05) is 0 Å². The standard InChI is InChI=1S/C7H8N2O4/c1-2-8-7(12)13-4-3-5(10)9-6(4)11/h2-3,9-11H,1H3. The van der Waals surface area contributed by atoms with Gasteiger partial charge in [-0.15, -0.1) is 0 Å². The van der Waals surface area contributed by atoms with Gasteiger partial charge in [0, 0.05) is 12.3 Å². The fraction of sp³-hybridized carbons (Fsp3) is 0.143. The summed E-state index contributed by atoms with van der Waals surface area (Å²) in [6.45, 7) is 1.55. The average molecular weight is 184 g/mol. The number of H-pyrrole nitrogens is 1. The Hall–Kier alpha value is -1.98. The number of nitrogens with one attached hydrogen (secondary N) is 1. The van der Waals surface area contributed by atoms with Crippen molar-refractivity contribution in [2.45, 2.75) is 6.92 Å². The number of nitrogens with zero attached hydrogens (tertiary/aromatic N) is 1. The van der Waals surface area contributed by atoms with Gasteiger partial charge in [-0.1, -0.05) is 0 Å². The molecule has 0 atom stereocenters. The molecule has 0 radical (unpaired) electrons. The van der Waals surface area contributed by atoms with Crippen LogP contribution in [0.5, 0.6) is 17.5 Å². The summed E-state index contributed by atoms with van der Waals surface area (Å²) >= 11 is 0. The Morgan fingerprint density at radius 1 is 1.69 bits per heavy atom. The molecule has 0 fully saturated rings. The van der Waals surface area contributed by atoms with Gasteiger partial charge in [0.2, 0.25) is 5.88 Å². The molecule has 3 N–H and O–H groups in total. The van der Waals surface area contributed by atoms with Crippen molar-refractivity contribution in [3.63, 3.8) is 0 Å². The van der Waals surface area contributed by atoms with E-state index in [-0.39, 0.29) is 11.6 Å². The molecule has 0 spiro atoms. The average Bonchev–Trinajstić information content (AvgIpc) is 2.30. The van der Waals surface area contributed by atoms with Crippen LogP contribution in [0.15, 0.2) is 11.1 Å². The van der Waals surface area contributed by atoms with Crippen LogP contribution in [0.25, 0.3) is 0 Å². The summed E-state index contributed by atoms with van der Waals surface area (Å²) in [6, 6.07) is 1.07. The molecule has 0 saturated heterocycles. The zero-order valence-electron chi connectivity index (χ0n) is 6.81. The van der Waals surface area contributed by atoms with E-state index < -0.39 is 12.0 Å². The maximum Gasteiger partial charge on any atom is 0.438 e. The zero-order chi connectivity index (χ0) is 9.84. The topological polar surface area (TPSA) is 94.9 Å². The highest BCUT2D eigenvalue weighted by molar-refractivity contribution is 5.80. The van der Waals surface area contributed by atoms with Crippen LogP contribution in [0.4, 0.5) is 4.79 Å². The second-order valence-electron chi connectivity index (χ2n) is 2.12. The molecular formula is C7H8N2O4. The van der Waals surface area contributed by atoms with Crippen molar-refractivity contribution in [1.29, 1.82) is 0 Å². The lowest BCUT2D eigenvalue weighted by atomic mass is 10.6. The molecule has 0 aliphatic rings. The van der Waals surface area contributed by atoms with Gasteiger partial charge in [0.15, 0.2) is 11.6 Å². The highest BCUT2D eigenvalue weighted by Gasteiger charge is 2.10. The third-order valence-corrected chi connectivity index (χ3v) is 1.18. The molecular weight excluding hydrogens is 176 g/mol. The third-order valence-electron chi connectivity index (χ3n) is 1.18. The van der Waals surface area contributed by atoms with E-state index in [1.165, 1.54) is 6.21 Å².